The first-order valence-corrected chi connectivity index (χ1v) is 11.2. The normalized spacial score (nSPS) is 19.6. The molecule has 2 aromatic rings. The van der Waals surface area contributed by atoms with Crippen LogP contribution in [0.1, 0.15) is 24.0 Å². The maximum Gasteiger partial charge on any atom is 0.246 e. The van der Waals surface area contributed by atoms with Crippen LogP contribution in [0.25, 0.3) is 6.08 Å². The number of aryl methyl sites for hydroxylation is 1. The highest BCUT2D eigenvalue weighted by Gasteiger charge is 2.32. The third kappa shape index (κ3) is 5.35. The zero-order valence-electron chi connectivity index (χ0n) is 18.2. The molecule has 5 heteroatoms. The first kappa shape index (κ1) is 21.2. The highest BCUT2D eigenvalue weighted by atomic mass is 16.2. The maximum atomic E-state index is 13.1. The molecule has 2 aliphatic rings. The average Bonchev–Trinajstić information content (AvgIpc) is 2.83. The monoisotopic (exact) mass is 417 g/mol. The quantitative estimate of drug-likeness (QED) is 0.714. The summed E-state index contributed by atoms with van der Waals surface area (Å²) in [4.78, 5) is 32.0. The van der Waals surface area contributed by atoms with Crippen LogP contribution in [-0.4, -0.2) is 60.9 Å². The molecular weight excluding hydrogens is 386 g/mol. The van der Waals surface area contributed by atoms with E-state index in [9.17, 15) is 9.59 Å². The number of nitrogens with zero attached hydrogens (tertiary/aromatic N) is 3. The number of piperazine rings is 1. The van der Waals surface area contributed by atoms with Crippen LogP contribution >= 0.6 is 0 Å². The Morgan fingerprint density at radius 3 is 2.42 bits per heavy atom. The van der Waals surface area contributed by atoms with Crippen molar-refractivity contribution in [1.82, 2.24) is 9.80 Å². The highest BCUT2D eigenvalue weighted by molar-refractivity contribution is 5.92. The van der Waals surface area contributed by atoms with Crippen LogP contribution in [0.2, 0.25) is 0 Å². The van der Waals surface area contributed by atoms with Crippen molar-refractivity contribution in [3.8, 4) is 0 Å². The van der Waals surface area contributed by atoms with Gasteiger partial charge in [-0.1, -0.05) is 42.5 Å². The van der Waals surface area contributed by atoms with Gasteiger partial charge in [0, 0.05) is 51.0 Å². The summed E-state index contributed by atoms with van der Waals surface area (Å²) in [7, 11) is 0. The fourth-order valence-electron chi connectivity index (χ4n) is 4.48. The van der Waals surface area contributed by atoms with Crippen molar-refractivity contribution in [2.45, 2.75) is 19.8 Å². The van der Waals surface area contributed by atoms with Crippen molar-refractivity contribution in [3.63, 3.8) is 0 Å². The summed E-state index contributed by atoms with van der Waals surface area (Å²) in [5, 5.41) is 0. The molecule has 2 amide bonds. The molecule has 0 bridgehead atoms. The van der Waals surface area contributed by atoms with E-state index in [1.54, 1.807) is 6.08 Å². The van der Waals surface area contributed by atoms with Gasteiger partial charge in [-0.15, -0.1) is 0 Å². The summed E-state index contributed by atoms with van der Waals surface area (Å²) in [6.45, 7) is 6.54. The third-order valence-corrected chi connectivity index (χ3v) is 6.26. The van der Waals surface area contributed by atoms with Crippen molar-refractivity contribution >= 4 is 23.6 Å². The van der Waals surface area contributed by atoms with E-state index >= 15 is 0 Å². The Balaban J connectivity index is 1.31. The van der Waals surface area contributed by atoms with Crippen molar-refractivity contribution in [2.24, 2.45) is 5.92 Å². The predicted molar refractivity (Wildman–Crippen MR) is 125 cm³/mol. The molecule has 2 saturated heterocycles. The summed E-state index contributed by atoms with van der Waals surface area (Å²) in [5.41, 5.74) is 3.49. The van der Waals surface area contributed by atoms with Crippen molar-refractivity contribution in [1.29, 1.82) is 0 Å². The number of amides is 2. The zero-order valence-corrected chi connectivity index (χ0v) is 18.2. The molecule has 0 aliphatic carbocycles. The van der Waals surface area contributed by atoms with Gasteiger partial charge in [-0.25, -0.2) is 0 Å². The van der Waals surface area contributed by atoms with E-state index in [2.05, 4.69) is 36.1 Å². The molecule has 4 rings (SSSR count). The molecule has 2 aliphatic heterocycles. The second kappa shape index (κ2) is 9.82. The van der Waals surface area contributed by atoms with Crippen molar-refractivity contribution in [2.75, 3.05) is 44.2 Å². The number of benzene rings is 2. The van der Waals surface area contributed by atoms with Gasteiger partial charge in [0.05, 0.1) is 5.92 Å². The zero-order chi connectivity index (χ0) is 21.6. The molecular formula is C26H31N3O2. The minimum atomic E-state index is -0.0895. The van der Waals surface area contributed by atoms with E-state index in [1.165, 1.54) is 11.3 Å². The predicted octanol–water partition coefficient (Wildman–Crippen LogP) is 3.60. The number of rotatable bonds is 4. The Morgan fingerprint density at radius 1 is 0.903 bits per heavy atom. The molecule has 0 spiro atoms. The molecule has 5 nitrogen and oxygen atoms in total. The van der Waals surface area contributed by atoms with Gasteiger partial charge in [-0.2, -0.15) is 0 Å². The fourth-order valence-corrected chi connectivity index (χ4v) is 4.48. The Morgan fingerprint density at radius 2 is 1.68 bits per heavy atom. The highest BCUT2D eigenvalue weighted by Crippen LogP contribution is 2.22. The number of carbonyl (C=O) groups excluding carboxylic acids is 2. The summed E-state index contributed by atoms with van der Waals surface area (Å²) in [6.07, 6.45) is 5.22. The second-order valence-electron chi connectivity index (χ2n) is 8.52. The molecule has 2 aromatic carbocycles. The van der Waals surface area contributed by atoms with Crippen LogP contribution in [-0.2, 0) is 9.59 Å². The molecule has 1 atom stereocenters. The molecule has 0 unspecified atom stereocenters. The van der Waals surface area contributed by atoms with Gasteiger partial charge < -0.3 is 14.7 Å². The molecule has 31 heavy (non-hydrogen) atoms. The first-order valence-electron chi connectivity index (χ1n) is 11.2. The lowest BCUT2D eigenvalue weighted by Gasteiger charge is -2.39. The summed E-state index contributed by atoms with van der Waals surface area (Å²) in [5.74, 6) is 0.104. The number of anilines is 1. The maximum absolute atomic E-state index is 13.1. The van der Waals surface area contributed by atoms with Crippen molar-refractivity contribution in [3.05, 3.63) is 71.8 Å². The van der Waals surface area contributed by atoms with Crippen LogP contribution in [0.15, 0.2) is 60.7 Å². The fraction of sp³-hybridized carbons (Fsp3) is 0.385. The molecule has 0 N–H and O–H groups in total. The lowest BCUT2D eigenvalue weighted by molar-refractivity contribution is -0.139. The van der Waals surface area contributed by atoms with Gasteiger partial charge in [0.2, 0.25) is 11.8 Å². The molecule has 0 aromatic heterocycles. The van der Waals surface area contributed by atoms with Gasteiger partial charge in [0.25, 0.3) is 0 Å². The Hall–Kier alpha value is -3.08. The van der Waals surface area contributed by atoms with Gasteiger partial charge in [0.15, 0.2) is 0 Å². The largest absolute Gasteiger partial charge is 0.368 e. The van der Waals surface area contributed by atoms with E-state index < -0.39 is 0 Å². The minimum Gasteiger partial charge on any atom is -0.368 e. The third-order valence-electron chi connectivity index (χ3n) is 6.26. The van der Waals surface area contributed by atoms with Crippen LogP contribution in [0.5, 0.6) is 0 Å². The van der Waals surface area contributed by atoms with Gasteiger partial charge in [-0.3, -0.25) is 9.59 Å². The summed E-state index contributed by atoms with van der Waals surface area (Å²) >= 11 is 0. The standard InChI is InChI=1S/C26H31N3O2/c1-21-7-5-11-24(19-21)27-15-17-28(18-16-27)26(31)23-10-6-14-29(20-23)25(30)13-12-22-8-3-2-4-9-22/h2-5,7-9,11-13,19,23H,6,10,14-18,20H2,1H3/b13-12+/t23-/m0/s1. The van der Waals surface area contributed by atoms with Crippen molar-refractivity contribution < 1.29 is 9.59 Å². The summed E-state index contributed by atoms with van der Waals surface area (Å²) < 4.78 is 0. The van der Waals surface area contributed by atoms with Crippen LogP contribution in [0.4, 0.5) is 5.69 Å². The first-order chi connectivity index (χ1) is 15.1. The van der Waals surface area contributed by atoms with E-state index in [4.69, 9.17) is 0 Å². The lowest BCUT2D eigenvalue weighted by Crippen LogP contribution is -2.53. The number of hydrogen-bond acceptors (Lipinski definition) is 3. The average molecular weight is 418 g/mol. The van der Waals surface area contributed by atoms with Gasteiger partial charge >= 0.3 is 0 Å². The van der Waals surface area contributed by atoms with E-state index in [-0.39, 0.29) is 17.7 Å². The molecule has 0 radical (unpaired) electrons. The number of piperidine rings is 1. The van der Waals surface area contributed by atoms with Gasteiger partial charge in [-0.05, 0) is 49.1 Å². The van der Waals surface area contributed by atoms with Crippen LogP contribution in [0.3, 0.4) is 0 Å². The Bertz CT molecular complexity index is 933. The number of likely N-dealkylation sites (tertiary alicyclic amines) is 1. The van der Waals surface area contributed by atoms with Gasteiger partial charge in [0.1, 0.15) is 0 Å². The van der Waals surface area contributed by atoms with E-state index in [0.29, 0.717) is 6.54 Å². The molecule has 2 fully saturated rings. The smallest absolute Gasteiger partial charge is 0.246 e. The Labute approximate surface area is 184 Å². The van der Waals surface area contributed by atoms with Crippen LogP contribution < -0.4 is 4.90 Å². The lowest BCUT2D eigenvalue weighted by atomic mass is 9.96. The topological polar surface area (TPSA) is 43.9 Å². The molecule has 2 heterocycles. The van der Waals surface area contributed by atoms with E-state index in [1.807, 2.05) is 46.2 Å². The van der Waals surface area contributed by atoms with Crippen LogP contribution in [0, 0.1) is 12.8 Å². The number of hydrogen-bond donors (Lipinski definition) is 0. The van der Waals surface area contributed by atoms with E-state index in [0.717, 1.165) is 51.1 Å². The number of carbonyl (C=O) groups is 2. The minimum absolute atomic E-state index is 0.00869. The molecule has 162 valence electrons. The second-order valence-corrected chi connectivity index (χ2v) is 8.52. The SMILES string of the molecule is Cc1cccc(N2CCN(C(=O)[C@H]3CCCN(C(=O)/C=C/c4ccccc4)C3)CC2)c1. The molecule has 0 saturated carbocycles. The Kier molecular flexibility index (Phi) is 6.70. The summed E-state index contributed by atoms with van der Waals surface area (Å²) in [6, 6.07) is 18.3.